The molecule has 4 aromatic rings. The van der Waals surface area contributed by atoms with Crippen molar-refractivity contribution in [3.8, 4) is 22.3 Å². The van der Waals surface area contributed by atoms with Gasteiger partial charge in [-0.05, 0) is 60.7 Å². The van der Waals surface area contributed by atoms with Gasteiger partial charge in [0.1, 0.15) is 5.76 Å². The molecule has 0 bridgehead atoms. The van der Waals surface area contributed by atoms with E-state index in [2.05, 4.69) is 10.1 Å². The Morgan fingerprint density at radius 2 is 1.77 bits per heavy atom. The first kappa shape index (κ1) is 20.1. The van der Waals surface area contributed by atoms with Gasteiger partial charge in [0.25, 0.3) is 5.56 Å². The van der Waals surface area contributed by atoms with E-state index in [1.54, 1.807) is 18.2 Å². The van der Waals surface area contributed by atoms with Crippen LogP contribution >= 0.6 is 0 Å². The van der Waals surface area contributed by atoms with Crippen molar-refractivity contribution in [1.82, 2.24) is 14.4 Å². The lowest BCUT2D eigenvalue weighted by molar-refractivity contribution is 0.393. The van der Waals surface area contributed by atoms with E-state index < -0.39 is 10.0 Å². The van der Waals surface area contributed by atoms with Crippen LogP contribution in [0, 0.1) is 13.8 Å². The summed E-state index contributed by atoms with van der Waals surface area (Å²) in [4.78, 5) is 15.7. The second-order valence-electron chi connectivity index (χ2n) is 7.33. The number of aromatic nitrogens is 2. The minimum absolute atomic E-state index is 0.133. The maximum Gasteiger partial charge on any atom is 0.256 e. The third kappa shape index (κ3) is 3.34. The average molecular weight is 423 g/mol. The zero-order chi connectivity index (χ0) is 21.6. The van der Waals surface area contributed by atoms with Crippen LogP contribution in [0.3, 0.4) is 0 Å². The van der Waals surface area contributed by atoms with Gasteiger partial charge in [0, 0.05) is 30.7 Å². The number of hydrogen-bond donors (Lipinski definition) is 1. The Balaban J connectivity index is 1.88. The third-order valence-corrected chi connectivity index (χ3v) is 6.90. The van der Waals surface area contributed by atoms with Crippen LogP contribution in [0.25, 0.3) is 33.2 Å². The Morgan fingerprint density at radius 1 is 1.00 bits per heavy atom. The van der Waals surface area contributed by atoms with Gasteiger partial charge in [-0.1, -0.05) is 23.4 Å². The summed E-state index contributed by atoms with van der Waals surface area (Å²) in [6.45, 7) is 3.74. The summed E-state index contributed by atoms with van der Waals surface area (Å²) in [6.07, 6.45) is 0. The number of hydrogen-bond acceptors (Lipinski definition) is 5. The second-order valence-corrected chi connectivity index (χ2v) is 9.48. The molecule has 154 valence electrons. The normalized spacial score (nSPS) is 12.0. The van der Waals surface area contributed by atoms with Crippen LogP contribution < -0.4 is 5.56 Å². The fourth-order valence-electron chi connectivity index (χ4n) is 3.51. The van der Waals surface area contributed by atoms with E-state index in [1.165, 1.54) is 26.2 Å². The molecular formula is C22H21N3O4S. The highest BCUT2D eigenvalue weighted by molar-refractivity contribution is 7.89. The van der Waals surface area contributed by atoms with Crippen molar-refractivity contribution < 1.29 is 12.9 Å². The van der Waals surface area contributed by atoms with Gasteiger partial charge >= 0.3 is 0 Å². The number of benzene rings is 2. The number of nitrogens with zero attached hydrogens (tertiary/aromatic N) is 2. The van der Waals surface area contributed by atoms with Crippen LogP contribution in [0.1, 0.15) is 11.5 Å². The van der Waals surface area contributed by atoms with Crippen LogP contribution in [0.2, 0.25) is 0 Å². The summed E-state index contributed by atoms with van der Waals surface area (Å²) in [7, 11) is -0.658. The molecule has 0 radical (unpaired) electrons. The van der Waals surface area contributed by atoms with Crippen molar-refractivity contribution in [2.45, 2.75) is 18.7 Å². The van der Waals surface area contributed by atoms with E-state index in [-0.39, 0.29) is 10.5 Å². The van der Waals surface area contributed by atoms with Crippen molar-refractivity contribution in [2.24, 2.45) is 0 Å². The summed E-state index contributed by atoms with van der Waals surface area (Å²) in [5.74, 6) is 0.720. The maximum atomic E-state index is 12.7. The standard InChI is InChI=1S/C22H21N3O4S/c1-13-21(14(2)29-24-13)16-8-9-20-17(10-16)12-19(22(26)23-20)15-6-5-7-18(11-15)30(27,28)25(3)4/h5-12H,1-4H3,(H,23,26). The summed E-state index contributed by atoms with van der Waals surface area (Å²) < 4.78 is 31.4. The van der Waals surface area contributed by atoms with Crippen LogP contribution in [0.5, 0.6) is 0 Å². The van der Waals surface area contributed by atoms with Crippen molar-refractivity contribution in [2.75, 3.05) is 14.1 Å². The van der Waals surface area contributed by atoms with E-state index in [1.807, 2.05) is 32.0 Å². The molecule has 4 rings (SSSR count). The SMILES string of the molecule is Cc1noc(C)c1-c1ccc2[nH]c(=O)c(-c3cccc(S(=O)(=O)N(C)C)c3)cc2c1. The van der Waals surface area contributed by atoms with E-state index >= 15 is 0 Å². The lowest BCUT2D eigenvalue weighted by Crippen LogP contribution is -2.22. The van der Waals surface area contributed by atoms with Crippen molar-refractivity contribution >= 4 is 20.9 Å². The zero-order valence-corrected chi connectivity index (χ0v) is 17.9. The van der Waals surface area contributed by atoms with E-state index in [0.29, 0.717) is 16.6 Å². The van der Waals surface area contributed by atoms with E-state index in [0.717, 1.165) is 32.3 Å². The van der Waals surface area contributed by atoms with Gasteiger partial charge < -0.3 is 9.51 Å². The minimum atomic E-state index is -3.60. The van der Waals surface area contributed by atoms with Crippen molar-refractivity contribution in [1.29, 1.82) is 0 Å². The summed E-state index contributed by atoms with van der Waals surface area (Å²) in [6, 6.07) is 13.9. The molecule has 0 atom stereocenters. The van der Waals surface area contributed by atoms with Crippen molar-refractivity contribution in [3.63, 3.8) is 0 Å². The molecule has 0 unspecified atom stereocenters. The smallest absolute Gasteiger partial charge is 0.256 e. The third-order valence-electron chi connectivity index (χ3n) is 5.09. The molecule has 0 aliphatic rings. The predicted octanol–water partition coefficient (Wildman–Crippen LogP) is 3.72. The Kier molecular flexibility index (Phi) is 4.83. The Morgan fingerprint density at radius 3 is 2.43 bits per heavy atom. The minimum Gasteiger partial charge on any atom is -0.361 e. The highest BCUT2D eigenvalue weighted by Crippen LogP contribution is 2.30. The van der Waals surface area contributed by atoms with Crippen LogP contribution in [0.15, 0.2) is 62.7 Å². The number of aryl methyl sites for hydroxylation is 2. The topological polar surface area (TPSA) is 96.3 Å². The molecule has 0 saturated heterocycles. The fraction of sp³-hybridized carbons (Fsp3) is 0.182. The van der Waals surface area contributed by atoms with E-state index in [9.17, 15) is 13.2 Å². The molecule has 0 saturated carbocycles. The van der Waals surface area contributed by atoms with Crippen LogP contribution in [-0.4, -0.2) is 37.0 Å². The molecule has 2 aromatic carbocycles. The van der Waals surface area contributed by atoms with Gasteiger partial charge in [0.2, 0.25) is 10.0 Å². The second kappa shape index (κ2) is 7.23. The number of fused-ring (bicyclic) bond motifs is 1. The highest BCUT2D eigenvalue weighted by atomic mass is 32.2. The highest BCUT2D eigenvalue weighted by Gasteiger charge is 2.18. The first-order chi connectivity index (χ1) is 14.2. The number of H-pyrrole nitrogens is 1. The molecule has 7 nitrogen and oxygen atoms in total. The van der Waals surface area contributed by atoms with Crippen molar-refractivity contribution in [3.05, 3.63) is 70.3 Å². The Labute approximate surface area is 174 Å². The number of nitrogens with one attached hydrogen (secondary N) is 1. The Hall–Kier alpha value is -3.23. The number of rotatable bonds is 4. The molecule has 8 heteroatoms. The average Bonchev–Trinajstić information content (AvgIpc) is 3.05. The van der Waals surface area contributed by atoms with Crippen LogP contribution in [-0.2, 0) is 10.0 Å². The predicted molar refractivity (Wildman–Crippen MR) is 116 cm³/mol. The summed E-state index contributed by atoms with van der Waals surface area (Å²) >= 11 is 0. The molecule has 0 fully saturated rings. The first-order valence-corrected chi connectivity index (χ1v) is 10.8. The molecule has 0 aliphatic heterocycles. The first-order valence-electron chi connectivity index (χ1n) is 9.32. The molecule has 30 heavy (non-hydrogen) atoms. The molecule has 1 N–H and O–H groups in total. The van der Waals surface area contributed by atoms with Gasteiger partial charge in [-0.2, -0.15) is 0 Å². The van der Waals surface area contributed by atoms with Gasteiger partial charge in [0.15, 0.2) is 0 Å². The van der Waals surface area contributed by atoms with Gasteiger partial charge in [-0.3, -0.25) is 4.79 Å². The quantitative estimate of drug-likeness (QED) is 0.540. The molecular weight excluding hydrogens is 402 g/mol. The van der Waals surface area contributed by atoms with Crippen LogP contribution in [0.4, 0.5) is 0 Å². The summed E-state index contributed by atoms with van der Waals surface area (Å²) in [5.41, 5.74) is 3.98. The van der Waals surface area contributed by atoms with E-state index in [4.69, 9.17) is 4.52 Å². The van der Waals surface area contributed by atoms with Gasteiger partial charge in [0.05, 0.1) is 10.6 Å². The largest absolute Gasteiger partial charge is 0.361 e. The van der Waals surface area contributed by atoms with Gasteiger partial charge in [-0.25, -0.2) is 12.7 Å². The van der Waals surface area contributed by atoms with Gasteiger partial charge in [-0.15, -0.1) is 0 Å². The number of aromatic amines is 1. The fourth-order valence-corrected chi connectivity index (χ4v) is 4.45. The molecule has 0 amide bonds. The Bertz CT molecular complexity index is 1410. The lowest BCUT2D eigenvalue weighted by Gasteiger charge is -2.12. The zero-order valence-electron chi connectivity index (χ0n) is 17.1. The molecule has 2 heterocycles. The number of sulfonamides is 1. The maximum absolute atomic E-state index is 12.7. The summed E-state index contributed by atoms with van der Waals surface area (Å²) in [5, 5.41) is 4.83. The molecule has 0 spiro atoms. The number of pyridine rings is 1. The lowest BCUT2D eigenvalue weighted by atomic mass is 10.00. The molecule has 0 aliphatic carbocycles. The molecule has 2 aromatic heterocycles. The monoisotopic (exact) mass is 423 g/mol.